The van der Waals surface area contributed by atoms with Crippen molar-refractivity contribution in [2.75, 3.05) is 0 Å². The molecule has 0 aliphatic heterocycles. The molecule has 1 saturated carbocycles. The molecule has 0 spiro atoms. The van der Waals surface area contributed by atoms with Gasteiger partial charge >= 0.3 is 0 Å². The van der Waals surface area contributed by atoms with Crippen molar-refractivity contribution >= 4 is 21.7 Å². The lowest BCUT2D eigenvalue weighted by atomic mass is 10.0. The van der Waals surface area contributed by atoms with E-state index in [-0.39, 0.29) is 33.6 Å². The van der Waals surface area contributed by atoms with Crippen molar-refractivity contribution in [2.24, 2.45) is 11.3 Å². The third kappa shape index (κ3) is 2.41. The fourth-order valence-corrected chi connectivity index (χ4v) is 2.42. The highest BCUT2D eigenvalue weighted by Crippen LogP contribution is 2.52. The van der Waals surface area contributed by atoms with E-state index in [1.54, 1.807) is 0 Å². The molecule has 0 N–H and O–H groups in total. The summed E-state index contributed by atoms with van der Waals surface area (Å²) in [5.41, 5.74) is -0.136. The van der Waals surface area contributed by atoms with Crippen LogP contribution in [0.15, 0.2) is 16.6 Å². The van der Waals surface area contributed by atoms with Gasteiger partial charge in [0.15, 0.2) is 0 Å². The molecular formula is C13H13BrF2O. The Morgan fingerprint density at radius 3 is 2.59 bits per heavy atom. The average molecular weight is 303 g/mol. The highest BCUT2D eigenvalue weighted by molar-refractivity contribution is 9.10. The summed E-state index contributed by atoms with van der Waals surface area (Å²) in [6, 6.07) is 2.48. The Hall–Kier alpha value is -0.770. The van der Waals surface area contributed by atoms with Crippen molar-refractivity contribution in [1.29, 1.82) is 0 Å². The summed E-state index contributed by atoms with van der Waals surface area (Å²) < 4.78 is 27.3. The zero-order valence-electron chi connectivity index (χ0n) is 9.69. The van der Waals surface area contributed by atoms with Gasteiger partial charge in [0.2, 0.25) is 0 Å². The van der Waals surface area contributed by atoms with E-state index in [0.29, 0.717) is 0 Å². The van der Waals surface area contributed by atoms with Gasteiger partial charge in [-0.15, -0.1) is 0 Å². The van der Waals surface area contributed by atoms with E-state index in [1.807, 2.05) is 13.8 Å². The molecule has 1 unspecified atom stereocenters. The first-order valence-electron chi connectivity index (χ1n) is 5.48. The quantitative estimate of drug-likeness (QED) is 0.774. The number of ketones is 1. The van der Waals surface area contributed by atoms with Crippen LogP contribution in [0, 0.1) is 23.0 Å². The van der Waals surface area contributed by atoms with Crippen LogP contribution in [-0.4, -0.2) is 5.78 Å². The summed E-state index contributed by atoms with van der Waals surface area (Å²) in [4.78, 5) is 11.9. The molecule has 17 heavy (non-hydrogen) atoms. The highest BCUT2D eigenvalue weighted by atomic mass is 79.9. The second-order valence-electron chi connectivity index (χ2n) is 5.21. The summed E-state index contributed by atoms with van der Waals surface area (Å²) in [6.45, 7) is 3.98. The molecule has 1 atom stereocenters. The lowest BCUT2D eigenvalue weighted by Gasteiger charge is -2.07. The van der Waals surface area contributed by atoms with Crippen LogP contribution in [0.2, 0.25) is 0 Å². The lowest BCUT2D eigenvalue weighted by Crippen LogP contribution is -2.12. The van der Waals surface area contributed by atoms with E-state index in [1.165, 1.54) is 12.1 Å². The lowest BCUT2D eigenvalue weighted by molar-refractivity contribution is -0.120. The first-order chi connectivity index (χ1) is 7.83. The van der Waals surface area contributed by atoms with Crippen LogP contribution >= 0.6 is 15.9 Å². The van der Waals surface area contributed by atoms with Crippen LogP contribution in [0.5, 0.6) is 0 Å². The average Bonchev–Trinajstić information content (AvgIpc) is 2.88. The van der Waals surface area contributed by atoms with Crippen molar-refractivity contribution in [3.63, 3.8) is 0 Å². The third-order valence-electron chi connectivity index (χ3n) is 3.39. The van der Waals surface area contributed by atoms with E-state index >= 15 is 0 Å². The minimum atomic E-state index is -0.670. The Balaban J connectivity index is 2.20. The zero-order chi connectivity index (χ0) is 12.8. The fraction of sp³-hybridized carbons (Fsp3) is 0.462. The van der Waals surface area contributed by atoms with Gasteiger partial charge < -0.3 is 0 Å². The van der Waals surface area contributed by atoms with Crippen LogP contribution in [0.25, 0.3) is 0 Å². The first kappa shape index (κ1) is 12.7. The number of Topliss-reactive ketones (excluding diaryl/α,β-unsaturated/α-hetero) is 1. The number of hydrogen-bond donors (Lipinski definition) is 0. The third-order valence-corrected chi connectivity index (χ3v) is 4.00. The van der Waals surface area contributed by atoms with E-state index < -0.39 is 11.6 Å². The van der Waals surface area contributed by atoms with E-state index in [9.17, 15) is 13.6 Å². The Bertz CT molecular complexity index is 483. The van der Waals surface area contributed by atoms with Crippen molar-refractivity contribution < 1.29 is 13.6 Å². The van der Waals surface area contributed by atoms with Crippen molar-refractivity contribution in [1.82, 2.24) is 0 Å². The van der Waals surface area contributed by atoms with Gasteiger partial charge in [-0.1, -0.05) is 13.8 Å². The van der Waals surface area contributed by atoms with Gasteiger partial charge in [-0.3, -0.25) is 4.79 Å². The van der Waals surface area contributed by atoms with Gasteiger partial charge in [0.25, 0.3) is 0 Å². The predicted molar refractivity (Wildman–Crippen MR) is 64.7 cm³/mol. The number of carbonyl (C=O) groups excluding carboxylic acids is 1. The second kappa shape index (κ2) is 4.16. The van der Waals surface area contributed by atoms with Gasteiger partial charge in [0, 0.05) is 17.9 Å². The summed E-state index contributed by atoms with van der Waals surface area (Å²) in [7, 11) is 0. The summed E-state index contributed by atoms with van der Waals surface area (Å²) in [5.74, 6) is -1.46. The molecular weight excluding hydrogens is 290 g/mol. The molecule has 0 bridgehead atoms. The van der Waals surface area contributed by atoms with E-state index in [0.717, 1.165) is 6.42 Å². The Kier molecular flexibility index (Phi) is 3.10. The van der Waals surface area contributed by atoms with Gasteiger partial charge in [-0.25, -0.2) is 8.78 Å². The molecule has 0 aromatic heterocycles. The number of halogens is 3. The molecule has 1 nitrogen and oxygen atoms in total. The van der Waals surface area contributed by atoms with Gasteiger partial charge in [0.05, 0.1) is 4.47 Å². The molecule has 0 amide bonds. The fourth-order valence-electron chi connectivity index (χ4n) is 2.05. The van der Waals surface area contributed by atoms with Crippen LogP contribution in [0.4, 0.5) is 8.78 Å². The molecule has 1 fully saturated rings. The second-order valence-corrected chi connectivity index (χ2v) is 6.06. The first-order valence-corrected chi connectivity index (χ1v) is 6.27. The van der Waals surface area contributed by atoms with Crippen LogP contribution in [-0.2, 0) is 11.2 Å². The van der Waals surface area contributed by atoms with Crippen molar-refractivity contribution in [3.8, 4) is 0 Å². The van der Waals surface area contributed by atoms with Crippen molar-refractivity contribution in [2.45, 2.75) is 26.7 Å². The van der Waals surface area contributed by atoms with Crippen LogP contribution in [0.3, 0.4) is 0 Å². The number of carbonyl (C=O) groups is 1. The predicted octanol–water partition coefficient (Wildman–Crippen LogP) is 3.89. The number of rotatable bonds is 3. The van der Waals surface area contributed by atoms with E-state index in [4.69, 9.17) is 0 Å². The molecule has 1 aromatic rings. The standard InChI is InChI=1S/C13H13BrF2O/c1-13(2)6-8(13)11(17)5-7-10(15)4-3-9(14)12(7)16/h3-4,8H,5-6H2,1-2H3. The largest absolute Gasteiger partial charge is 0.299 e. The highest BCUT2D eigenvalue weighted by Gasteiger charge is 2.50. The summed E-state index contributed by atoms with van der Waals surface area (Å²) in [5, 5.41) is 0. The molecule has 4 heteroatoms. The Morgan fingerprint density at radius 2 is 2.06 bits per heavy atom. The molecule has 1 aliphatic carbocycles. The monoisotopic (exact) mass is 302 g/mol. The minimum absolute atomic E-state index is 0.00392. The number of benzene rings is 1. The van der Waals surface area contributed by atoms with Gasteiger partial charge in [-0.2, -0.15) is 0 Å². The van der Waals surface area contributed by atoms with Crippen LogP contribution < -0.4 is 0 Å². The van der Waals surface area contributed by atoms with E-state index in [2.05, 4.69) is 15.9 Å². The molecule has 92 valence electrons. The molecule has 1 aromatic carbocycles. The Labute approximate surface area is 107 Å². The molecule has 0 heterocycles. The summed E-state index contributed by atoms with van der Waals surface area (Å²) in [6.07, 6.45) is 0.647. The molecule has 2 rings (SSSR count). The molecule has 1 aliphatic rings. The normalized spacial score (nSPS) is 21.4. The smallest absolute Gasteiger partial charge is 0.143 e. The SMILES string of the molecule is CC1(C)CC1C(=O)Cc1c(F)ccc(Br)c1F. The topological polar surface area (TPSA) is 17.1 Å². The molecule has 0 saturated heterocycles. The molecule has 0 radical (unpaired) electrons. The minimum Gasteiger partial charge on any atom is -0.299 e. The van der Waals surface area contributed by atoms with Crippen LogP contribution in [0.1, 0.15) is 25.8 Å². The number of hydrogen-bond acceptors (Lipinski definition) is 1. The summed E-state index contributed by atoms with van der Waals surface area (Å²) >= 11 is 2.99. The maximum absolute atomic E-state index is 13.7. The van der Waals surface area contributed by atoms with Crippen molar-refractivity contribution in [3.05, 3.63) is 33.8 Å². The Morgan fingerprint density at radius 1 is 1.47 bits per heavy atom. The zero-order valence-corrected chi connectivity index (χ0v) is 11.3. The maximum atomic E-state index is 13.7. The maximum Gasteiger partial charge on any atom is 0.143 e. The van der Waals surface area contributed by atoms with Gasteiger partial charge in [-0.05, 0) is 39.9 Å². The van der Waals surface area contributed by atoms with Gasteiger partial charge in [0.1, 0.15) is 17.4 Å².